The number of rotatable bonds is 2. The maximum Gasteiger partial charge on any atom is 0.271 e. The molecular formula is C17H13BrN4OS. The highest BCUT2D eigenvalue weighted by Gasteiger charge is 2.15. The number of thiazole rings is 1. The molecule has 1 aliphatic rings. The van der Waals surface area contributed by atoms with Crippen LogP contribution in [0.4, 0.5) is 5.69 Å². The van der Waals surface area contributed by atoms with Crippen LogP contribution in [0.5, 0.6) is 0 Å². The maximum absolute atomic E-state index is 12.7. The number of anilines is 1. The van der Waals surface area contributed by atoms with Crippen molar-refractivity contribution in [2.45, 2.75) is 6.67 Å². The predicted molar refractivity (Wildman–Crippen MR) is 98.7 cm³/mol. The molecule has 120 valence electrons. The van der Waals surface area contributed by atoms with Crippen LogP contribution in [0, 0.1) is 0 Å². The number of hydrogen-bond acceptors (Lipinski definition) is 5. The standard InChI is InChI=1S/C17H13BrN4OS/c18-12-4-6-14(7-5-12)21-10-20-17-22(11-21)16(23)15(24-17)9-13-3-1-2-8-19-13/h1-9H,10-11H2/b15-9-. The number of pyridine rings is 1. The summed E-state index contributed by atoms with van der Waals surface area (Å²) < 4.78 is 3.40. The zero-order valence-corrected chi connectivity index (χ0v) is 15.0. The minimum absolute atomic E-state index is 0.0220. The van der Waals surface area contributed by atoms with Crippen LogP contribution >= 0.6 is 27.3 Å². The molecular weight excluding hydrogens is 388 g/mol. The first-order valence-corrected chi connectivity index (χ1v) is 8.99. The molecule has 24 heavy (non-hydrogen) atoms. The summed E-state index contributed by atoms with van der Waals surface area (Å²) in [6.45, 7) is 1.05. The Hall–Kier alpha value is -2.25. The van der Waals surface area contributed by atoms with Gasteiger partial charge in [0.2, 0.25) is 0 Å². The fraction of sp³-hybridized carbons (Fsp3) is 0.118. The monoisotopic (exact) mass is 400 g/mol. The SMILES string of the molecule is O=c1/c(=C/c2ccccn2)sc2n1CN(c1ccc(Br)cc1)CN=2. The van der Waals surface area contributed by atoms with Gasteiger partial charge in [0.15, 0.2) is 4.80 Å². The first kappa shape index (κ1) is 15.3. The molecule has 0 bridgehead atoms. The third-order valence-corrected chi connectivity index (χ3v) is 5.31. The number of benzene rings is 1. The Morgan fingerprint density at radius 1 is 1.17 bits per heavy atom. The van der Waals surface area contributed by atoms with Crippen LogP contribution < -0.4 is 19.8 Å². The third kappa shape index (κ3) is 2.92. The zero-order valence-electron chi connectivity index (χ0n) is 12.6. The molecule has 0 amide bonds. The van der Waals surface area contributed by atoms with E-state index in [0.29, 0.717) is 17.9 Å². The van der Waals surface area contributed by atoms with Gasteiger partial charge >= 0.3 is 0 Å². The molecule has 3 heterocycles. The van der Waals surface area contributed by atoms with E-state index in [2.05, 4.69) is 30.8 Å². The van der Waals surface area contributed by atoms with Crippen LogP contribution in [0.25, 0.3) is 6.08 Å². The van der Waals surface area contributed by atoms with Crippen LogP contribution in [0.2, 0.25) is 0 Å². The Morgan fingerprint density at radius 3 is 2.75 bits per heavy atom. The topological polar surface area (TPSA) is 50.5 Å². The molecule has 0 spiro atoms. The van der Waals surface area contributed by atoms with Gasteiger partial charge in [0, 0.05) is 16.4 Å². The number of fused-ring (bicyclic) bond motifs is 1. The summed E-state index contributed by atoms with van der Waals surface area (Å²) in [6, 6.07) is 13.7. The van der Waals surface area contributed by atoms with E-state index in [0.717, 1.165) is 20.7 Å². The highest BCUT2D eigenvalue weighted by atomic mass is 79.9. The van der Waals surface area contributed by atoms with Gasteiger partial charge < -0.3 is 4.90 Å². The average Bonchev–Trinajstić information content (AvgIpc) is 2.92. The van der Waals surface area contributed by atoms with Gasteiger partial charge in [0.25, 0.3) is 5.56 Å². The van der Waals surface area contributed by atoms with Crippen molar-refractivity contribution in [1.82, 2.24) is 9.55 Å². The average molecular weight is 401 g/mol. The lowest BCUT2D eigenvalue weighted by atomic mass is 10.3. The van der Waals surface area contributed by atoms with Gasteiger partial charge in [0.1, 0.15) is 13.3 Å². The molecule has 5 nitrogen and oxygen atoms in total. The fourth-order valence-electron chi connectivity index (χ4n) is 2.52. The Balaban J connectivity index is 1.71. The van der Waals surface area contributed by atoms with E-state index in [-0.39, 0.29) is 5.56 Å². The Kier molecular flexibility index (Phi) is 4.03. The zero-order chi connectivity index (χ0) is 16.5. The van der Waals surface area contributed by atoms with Gasteiger partial charge in [0.05, 0.1) is 10.2 Å². The summed E-state index contributed by atoms with van der Waals surface area (Å²) in [4.78, 5) is 24.3. The van der Waals surface area contributed by atoms with Gasteiger partial charge in [-0.15, -0.1) is 0 Å². The second-order valence-corrected chi connectivity index (χ2v) is 7.26. The number of nitrogens with zero attached hydrogens (tertiary/aromatic N) is 4. The maximum atomic E-state index is 12.7. The molecule has 1 aliphatic heterocycles. The van der Waals surface area contributed by atoms with Crippen LogP contribution in [0.3, 0.4) is 0 Å². The smallest absolute Gasteiger partial charge is 0.271 e. The number of hydrogen-bond donors (Lipinski definition) is 0. The lowest BCUT2D eigenvalue weighted by Crippen LogP contribution is -2.42. The lowest BCUT2D eigenvalue weighted by Gasteiger charge is -2.25. The molecule has 0 unspecified atom stereocenters. The molecule has 7 heteroatoms. The van der Waals surface area contributed by atoms with Crippen molar-refractivity contribution >= 4 is 39.0 Å². The highest BCUT2D eigenvalue weighted by Crippen LogP contribution is 2.19. The summed E-state index contributed by atoms with van der Waals surface area (Å²) in [5, 5.41) is 0. The normalized spacial score (nSPS) is 14.4. The van der Waals surface area contributed by atoms with Gasteiger partial charge in [-0.05, 0) is 42.5 Å². The molecule has 0 saturated heterocycles. The van der Waals surface area contributed by atoms with E-state index in [1.165, 1.54) is 11.3 Å². The predicted octanol–water partition coefficient (Wildman–Crippen LogP) is 1.95. The summed E-state index contributed by atoms with van der Waals surface area (Å²) >= 11 is 4.85. The number of halogens is 1. The molecule has 0 atom stereocenters. The van der Waals surface area contributed by atoms with Gasteiger partial charge in [-0.3, -0.25) is 14.3 Å². The largest absolute Gasteiger partial charge is 0.334 e. The van der Waals surface area contributed by atoms with Gasteiger partial charge in [-0.25, -0.2) is 4.99 Å². The molecule has 0 radical (unpaired) electrons. The van der Waals surface area contributed by atoms with Crippen LogP contribution in [0.15, 0.2) is 62.9 Å². The van der Waals surface area contributed by atoms with Gasteiger partial charge in [-0.2, -0.15) is 0 Å². The lowest BCUT2D eigenvalue weighted by molar-refractivity contribution is 0.569. The van der Waals surface area contributed by atoms with Crippen molar-refractivity contribution in [3.05, 3.63) is 78.5 Å². The van der Waals surface area contributed by atoms with Crippen LogP contribution in [-0.2, 0) is 6.67 Å². The van der Waals surface area contributed by atoms with Crippen molar-refractivity contribution in [3.8, 4) is 0 Å². The quantitative estimate of drug-likeness (QED) is 0.660. The molecule has 4 rings (SSSR count). The molecule has 0 N–H and O–H groups in total. The van der Waals surface area contributed by atoms with Crippen molar-refractivity contribution in [2.75, 3.05) is 11.6 Å². The van der Waals surface area contributed by atoms with Crippen LogP contribution in [0.1, 0.15) is 5.69 Å². The summed E-state index contributed by atoms with van der Waals surface area (Å²) in [7, 11) is 0. The van der Waals surface area contributed by atoms with Crippen molar-refractivity contribution in [2.24, 2.45) is 4.99 Å². The van der Waals surface area contributed by atoms with E-state index in [9.17, 15) is 4.79 Å². The van der Waals surface area contributed by atoms with E-state index in [1.54, 1.807) is 10.8 Å². The second-order valence-electron chi connectivity index (χ2n) is 5.34. The summed E-state index contributed by atoms with van der Waals surface area (Å²) in [6.07, 6.45) is 3.54. The van der Waals surface area contributed by atoms with Gasteiger partial charge in [-0.1, -0.05) is 33.3 Å². The highest BCUT2D eigenvalue weighted by molar-refractivity contribution is 9.10. The Labute approximate surface area is 150 Å². The van der Waals surface area contributed by atoms with E-state index < -0.39 is 0 Å². The minimum atomic E-state index is -0.0220. The van der Waals surface area contributed by atoms with Crippen molar-refractivity contribution < 1.29 is 0 Å². The summed E-state index contributed by atoms with van der Waals surface area (Å²) in [5.74, 6) is 0. The van der Waals surface area contributed by atoms with E-state index in [4.69, 9.17) is 0 Å². The van der Waals surface area contributed by atoms with Crippen LogP contribution in [-0.4, -0.2) is 16.2 Å². The van der Waals surface area contributed by atoms with Crippen molar-refractivity contribution in [3.63, 3.8) is 0 Å². The van der Waals surface area contributed by atoms with E-state index >= 15 is 0 Å². The Bertz CT molecular complexity index is 1040. The molecule has 3 aromatic rings. The third-order valence-electron chi connectivity index (χ3n) is 3.74. The minimum Gasteiger partial charge on any atom is -0.334 e. The second kappa shape index (κ2) is 6.33. The first-order chi connectivity index (χ1) is 11.7. The molecule has 0 fully saturated rings. The van der Waals surface area contributed by atoms with Crippen molar-refractivity contribution in [1.29, 1.82) is 0 Å². The first-order valence-electron chi connectivity index (χ1n) is 7.38. The number of aromatic nitrogens is 2. The Morgan fingerprint density at radius 2 is 2.00 bits per heavy atom. The molecule has 0 saturated carbocycles. The molecule has 2 aromatic heterocycles. The fourth-order valence-corrected chi connectivity index (χ4v) is 3.73. The molecule has 0 aliphatic carbocycles. The summed E-state index contributed by atoms with van der Waals surface area (Å²) in [5.41, 5.74) is 1.80. The molecule has 1 aromatic carbocycles. The van der Waals surface area contributed by atoms with E-state index in [1.807, 2.05) is 48.5 Å².